The molecule has 1 amide bonds. The zero-order chi connectivity index (χ0) is 25.8. The van der Waals surface area contributed by atoms with Gasteiger partial charge in [0, 0.05) is 56.8 Å². The molecule has 1 unspecified atom stereocenters. The predicted octanol–water partition coefficient (Wildman–Crippen LogP) is 2.67. The number of hydrogen-bond acceptors (Lipinski definition) is 8. The number of piperidine rings is 1. The Morgan fingerprint density at radius 3 is 2.62 bits per heavy atom. The van der Waals surface area contributed by atoms with Gasteiger partial charge in [-0.25, -0.2) is 9.97 Å². The molecule has 5 rings (SSSR count). The highest BCUT2D eigenvalue weighted by molar-refractivity contribution is 5.80. The molecular formula is C28H36N6O3. The molecule has 1 saturated carbocycles. The highest BCUT2D eigenvalue weighted by Crippen LogP contribution is 2.51. The zero-order valence-electron chi connectivity index (χ0n) is 21.6. The second-order valence-corrected chi connectivity index (χ2v) is 10.6. The summed E-state index contributed by atoms with van der Waals surface area (Å²) in [6.45, 7) is 4.57. The van der Waals surface area contributed by atoms with Gasteiger partial charge in [-0.1, -0.05) is 6.07 Å². The van der Waals surface area contributed by atoms with Gasteiger partial charge in [0.25, 0.3) is 0 Å². The van der Waals surface area contributed by atoms with Crippen molar-refractivity contribution < 1.29 is 14.3 Å². The van der Waals surface area contributed by atoms with Crippen LogP contribution in [0.2, 0.25) is 0 Å². The maximum atomic E-state index is 12.3. The maximum absolute atomic E-state index is 12.3. The second-order valence-electron chi connectivity index (χ2n) is 10.6. The van der Waals surface area contributed by atoms with E-state index in [1.807, 2.05) is 29.4 Å². The van der Waals surface area contributed by atoms with Crippen molar-refractivity contribution >= 4 is 11.9 Å². The molecule has 9 heteroatoms. The van der Waals surface area contributed by atoms with Crippen LogP contribution in [0.1, 0.15) is 48.8 Å². The Bertz CT molecular complexity index is 1140. The predicted molar refractivity (Wildman–Crippen MR) is 139 cm³/mol. The van der Waals surface area contributed by atoms with Crippen LogP contribution < -0.4 is 15.4 Å². The number of nitrogens with zero attached hydrogens (tertiary/aromatic N) is 5. The summed E-state index contributed by atoms with van der Waals surface area (Å²) in [4.78, 5) is 25.4. The third kappa shape index (κ3) is 5.86. The molecule has 1 aliphatic carbocycles. The summed E-state index contributed by atoms with van der Waals surface area (Å²) in [7, 11) is 1.67. The Morgan fingerprint density at radius 1 is 1.22 bits per heavy atom. The molecule has 2 N–H and O–H groups in total. The molecule has 2 aliphatic heterocycles. The number of amides is 1. The van der Waals surface area contributed by atoms with E-state index < -0.39 is 0 Å². The number of carbonyl (C=O) groups excluding carboxylic acids is 1. The molecule has 2 aromatic rings. The van der Waals surface area contributed by atoms with E-state index in [0.717, 1.165) is 75.4 Å². The van der Waals surface area contributed by atoms with Crippen molar-refractivity contribution in [2.75, 3.05) is 44.8 Å². The number of rotatable bonds is 10. The first-order valence-electron chi connectivity index (χ1n) is 13.3. The topological polar surface area (TPSA) is 118 Å². The van der Waals surface area contributed by atoms with Crippen molar-refractivity contribution in [3.05, 3.63) is 47.3 Å². The number of benzene rings is 1. The number of ether oxygens (including phenoxy) is 2. The Labute approximate surface area is 218 Å². The molecule has 0 radical (unpaired) electrons. The quantitative estimate of drug-likeness (QED) is 0.525. The normalized spacial score (nSPS) is 23.3. The first-order valence-corrected chi connectivity index (χ1v) is 13.3. The van der Waals surface area contributed by atoms with Gasteiger partial charge in [-0.2, -0.15) is 5.26 Å². The van der Waals surface area contributed by atoms with Crippen LogP contribution in [-0.4, -0.2) is 66.2 Å². The van der Waals surface area contributed by atoms with Crippen LogP contribution in [0.4, 0.5) is 5.95 Å². The molecule has 0 bridgehead atoms. The van der Waals surface area contributed by atoms with E-state index in [1.54, 1.807) is 13.2 Å². The van der Waals surface area contributed by atoms with E-state index in [2.05, 4.69) is 20.9 Å². The van der Waals surface area contributed by atoms with Crippen molar-refractivity contribution in [3.63, 3.8) is 0 Å². The number of carbonyl (C=O) groups is 1. The molecule has 1 aromatic carbocycles. The Morgan fingerprint density at radius 2 is 1.97 bits per heavy atom. The highest BCUT2D eigenvalue weighted by Gasteiger charge is 2.54. The molecule has 3 fully saturated rings. The SMILES string of the molecule is COCc1cnc(N2CCC([C@H]3CC3(N)CCOc3ccc(CC(=O)N4CCC4)c(C#N)c3)CC2)nc1. The number of likely N-dealkylation sites (tertiary alicyclic amines) is 1. The fraction of sp³-hybridized carbons (Fsp3) is 0.571. The molecule has 196 valence electrons. The van der Waals surface area contributed by atoms with Gasteiger partial charge in [0.15, 0.2) is 0 Å². The fourth-order valence-electron chi connectivity index (χ4n) is 5.63. The largest absolute Gasteiger partial charge is 0.493 e. The summed E-state index contributed by atoms with van der Waals surface area (Å²) in [5.74, 6) is 2.66. The summed E-state index contributed by atoms with van der Waals surface area (Å²) in [6.07, 6.45) is 9.01. The van der Waals surface area contributed by atoms with Crippen molar-refractivity contribution in [2.24, 2.45) is 17.6 Å². The summed E-state index contributed by atoms with van der Waals surface area (Å²) >= 11 is 0. The van der Waals surface area contributed by atoms with Gasteiger partial charge in [-0.15, -0.1) is 0 Å². The van der Waals surface area contributed by atoms with Gasteiger partial charge in [0.1, 0.15) is 5.75 Å². The molecule has 0 spiro atoms. The number of hydrogen-bond donors (Lipinski definition) is 1. The van der Waals surface area contributed by atoms with Crippen LogP contribution >= 0.6 is 0 Å². The Hall–Kier alpha value is -3.22. The molecule has 9 nitrogen and oxygen atoms in total. The van der Waals surface area contributed by atoms with Gasteiger partial charge >= 0.3 is 0 Å². The molecule has 2 atom stereocenters. The third-order valence-corrected chi connectivity index (χ3v) is 8.16. The molecule has 3 heterocycles. The van der Waals surface area contributed by atoms with Crippen LogP contribution in [0.25, 0.3) is 0 Å². The van der Waals surface area contributed by atoms with E-state index in [-0.39, 0.29) is 17.9 Å². The van der Waals surface area contributed by atoms with E-state index in [1.165, 1.54) is 0 Å². The first-order chi connectivity index (χ1) is 18.0. The average molecular weight is 505 g/mol. The molecule has 37 heavy (non-hydrogen) atoms. The summed E-state index contributed by atoms with van der Waals surface area (Å²) in [6, 6.07) is 7.65. The molecule has 3 aliphatic rings. The van der Waals surface area contributed by atoms with Crippen LogP contribution in [0.15, 0.2) is 30.6 Å². The van der Waals surface area contributed by atoms with E-state index in [0.29, 0.717) is 36.4 Å². The number of nitriles is 1. The Kier molecular flexibility index (Phi) is 7.58. The van der Waals surface area contributed by atoms with Crippen molar-refractivity contribution in [2.45, 2.75) is 50.7 Å². The summed E-state index contributed by atoms with van der Waals surface area (Å²) in [5.41, 5.74) is 8.80. The number of nitrogens with two attached hydrogens (primary N) is 1. The van der Waals surface area contributed by atoms with Gasteiger partial charge < -0.3 is 25.0 Å². The molecular weight excluding hydrogens is 468 g/mol. The lowest BCUT2D eigenvalue weighted by Crippen LogP contribution is -2.42. The maximum Gasteiger partial charge on any atom is 0.227 e. The van der Waals surface area contributed by atoms with E-state index >= 15 is 0 Å². The van der Waals surface area contributed by atoms with Crippen LogP contribution in [0.3, 0.4) is 0 Å². The third-order valence-electron chi connectivity index (χ3n) is 8.16. The molecule has 2 saturated heterocycles. The van der Waals surface area contributed by atoms with Crippen LogP contribution in [0, 0.1) is 23.2 Å². The first kappa shape index (κ1) is 25.4. The second kappa shape index (κ2) is 11.0. The highest BCUT2D eigenvalue weighted by atomic mass is 16.5. The average Bonchev–Trinajstić information content (AvgIpc) is 3.55. The van der Waals surface area contributed by atoms with E-state index in [9.17, 15) is 10.1 Å². The van der Waals surface area contributed by atoms with Crippen molar-refractivity contribution in [1.82, 2.24) is 14.9 Å². The van der Waals surface area contributed by atoms with Crippen molar-refractivity contribution in [1.29, 1.82) is 5.26 Å². The fourth-order valence-corrected chi connectivity index (χ4v) is 5.63. The lowest BCUT2D eigenvalue weighted by molar-refractivity contribution is -0.133. The Balaban J connectivity index is 1.06. The van der Waals surface area contributed by atoms with E-state index in [4.69, 9.17) is 15.2 Å². The standard InChI is InChI=1S/C28H36N6O3/c1-36-19-20-17-31-27(32-18-20)34-10-5-21(6-11-34)25-15-28(25,30)7-12-37-24-4-3-22(23(13-24)16-29)14-26(35)33-8-2-9-33/h3-4,13,17-18,21,25H,2,5-12,14-15,19,30H2,1H3/t25-,28?/m1/s1. The number of methoxy groups -OCH3 is 1. The minimum atomic E-state index is -0.174. The monoisotopic (exact) mass is 504 g/mol. The lowest BCUT2D eigenvalue weighted by atomic mass is 9.89. The zero-order valence-corrected chi connectivity index (χ0v) is 21.6. The van der Waals surface area contributed by atoms with Crippen molar-refractivity contribution in [3.8, 4) is 11.8 Å². The lowest BCUT2D eigenvalue weighted by Gasteiger charge is -2.33. The van der Waals surface area contributed by atoms with Gasteiger partial charge in [0.2, 0.25) is 11.9 Å². The van der Waals surface area contributed by atoms with Gasteiger partial charge in [-0.05, 0) is 61.6 Å². The van der Waals surface area contributed by atoms with Crippen LogP contribution in [-0.2, 0) is 22.6 Å². The minimum absolute atomic E-state index is 0.0830. The number of anilines is 1. The summed E-state index contributed by atoms with van der Waals surface area (Å²) in [5, 5.41) is 9.57. The van der Waals surface area contributed by atoms with Crippen LogP contribution in [0.5, 0.6) is 5.75 Å². The smallest absolute Gasteiger partial charge is 0.227 e. The molecule has 1 aromatic heterocycles. The van der Waals surface area contributed by atoms with Gasteiger partial charge in [0.05, 0.1) is 31.3 Å². The number of aromatic nitrogens is 2. The minimum Gasteiger partial charge on any atom is -0.493 e. The van der Waals surface area contributed by atoms with Gasteiger partial charge in [-0.3, -0.25) is 4.79 Å². The summed E-state index contributed by atoms with van der Waals surface area (Å²) < 4.78 is 11.1.